The lowest BCUT2D eigenvalue weighted by Crippen LogP contribution is -2.36. The van der Waals surface area contributed by atoms with E-state index < -0.39 is 0 Å². The summed E-state index contributed by atoms with van der Waals surface area (Å²) in [6, 6.07) is 0.289. The third-order valence-electron chi connectivity index (χ3n) is 2.51. The van der Waals surface area contributed by atoms with E-state index in [-0.39, 0.29) is 17.9 Å². The van der Waals surface area contributed by atoms with Crippen molar-refractivity contribution in [3.8, 4) is 12.3 Å². The molecule has 0 unspecified atom stereocenters. The van der Waals surface area contributed by atoms with Crippen molar-refractivity contribution in [1.29, 1.82) is 0 Å². The van der Waals surface area contributed by atoms with Crippen LogP contribution in [0.15, 0.2) is 0 Å². The topological polar surface area (TPSA) is 55.1 Å². The zero-order valence-electron chi connectivity index (χ0n) is 7.75. The first-order valence-corrected chi connectivity index (χ1v) is 4.70. The number of nitrogens with two attached hydrogens (primary N) is 1. The third kappa shape index (κ3) is 3.08. The average Bonchev–Trinajstić information content (AvgIpc) is 2.15. The van der Waals surface area contributed by atoms with Crippen molar-refractivity contribution < 1.29 is 4.79 Å². The number of rotatable bonds is 2. The first-order valence-electron chi connectivity index (χ1n) is 4.70. The van der Waals surface area contributed by atoms with E-state index in [2.05, 4.69) is 11.2 Å². The SMILES string of the molecule is C#CCNC(=O)C1CCC(N)CC1. The van der Waals surface area contributed by atoms with Gasteiger partial charge in [0.2, 0.25) is 5.91 Å². The number of carbonyl (C=O) groups excluding carboxylic acids is 1. The van der Waals surface area contributed by atoms with Crippen LogP contribution in [-0.2, 0) is 4.79 Å². The number of terminal acetylenes is 1. The Morgan fingerprint density at radius 1 is 1.46 bits per heavy atom. The maximum Gasteiger partial charge on any atom is 0.223 e. The van der Waals surface area contributed by atoms with Crippen molar-refractivity contribution in [2.75, 3.05) is 6.54 Å². The molecule has 0 aromatic carbocycles. The average molecular weight is 180 g/mol. The molecule has 0 spiro atoms. The smallest absolute Gasteiger partial charge is 0.223 e. The number of hydrogen-bond acceptors (Lipinski definition) is 2. The van der Waals surface area contributed by atoms with Gasteiger partial charge in [-0.15, -0.1) is 6.42 Å². The van der Waals surface area contributed by atoms with Crippen molar-refractivity contribution in [3.63, 3.8) is 0 Å². The van der Waals surface area contributed by atoms with E-state index in [0.29, 0.717) is 6.54 Å². The molecule has 1 aliphatic carbocycles. The van der Waals surface area contributed by atoms with Crippen LogP contribution in [0.25, 0.3) is 0 Å². The van der Waals surface area contributed by atoms with Gasteiger partial charge in [0.05, 0.1) is 6.54 Å². The van der Waals surface area contributed by atoms with Crippen LogP contribution >= 0.6 is 0 Å². The lowest BCUT2D eigenvalue weighted by atomic mass is 9.86. The summed E-state index contributed by atoms with van der Waals surface area (Å²) in [6.45, 7) is 0.335. The van der Waals surface area contributed by atoms with Crippen LogP contribution in [0.4, 0.5) is 0 Å². The molecule has 1 amide bonds. The molecule has 0 heterocycles. The van der Waals surface area contributed by atoms with E-state index in [0.717, 1.165) is 25.7 Å². The maximum atomic E-state index is 11.4. The molecular formula is C10H16N2O. The molecule has 1 saturated carbocycles. The second-order valence-corrected chi connectivity index (χ2v) is 3.53. The Morgan fingerprint density at radius 2 is 2.08 bits per heavy atom. The molecule has 0 bridgehead atoms. The predicted octanol–water partition coefficient (Wildman–Crippen LogP) is 0.253. The Kier molecular flexibility index (Phi) is 3.78. The molecule has 72 valence electrons. The first kappa shape index (κ1) is 10.1. The van der Waals surface area contributed by atoms with Crippen LogP contribution in [0.3, 0.4) is 0 Å². The Balaban J connectivity index is 2.28. The Labute approximate surface area is 79.1 Å². The van der Waals surface area contributed by atoms with Crippen LogP contribution in [0.2, 0.25) is 0 Å². The molecule has 13 heavy (non-hydrogen) atoms. The van der Waals surface area contributed by atoms with Crippen LogP contribution in [0.1, 0.15) is 25.7 Å². The lowest BCUT2D eigenvalue weighted by Gasteiger charge is -2.24. The van der Waals surface area contributed by atoms with Crippen molar-refractivity contribution in [3.05, 3.63) is 0 Å². The summed E-state index contributed by atoms with van der Waals surface area (Å²) in [5.74, 6) is 2.61. The zero-order valence-corrected chi connectivity index (χ0v) is 7.75. The summed E-state index contributed by atoms with van der Waals surface area (Å²) in [5.41, 5.74) is 5.73. The van der Waals surface area contributed by atoms with Crippen LogP contribution < -0.4 is 11.1 Å². The molecular weight excluding hydrogens is 164 g/mol. The quantitative estimate of drug-likeness (QED) is 0.599. The van der Waals surface area contributed by atoms with E-state index in [1.165, 1.54) is 0 Å². The monoisotopic (exact) mass is 180 g/mol. The highest BCUT2D eigenvalue weighted by molar-refractivity contribution is 5.78. The number of hydrogen-bond donors (Lipinski definition) is 2. The number of amides is 1. The van der Waals surface area contributed by atoms with Gasteiger partial charge in [-0.05, 0) is 25.7 Å². The summed E-state index contributed by atoms with van der Waals surface area (Å²) in [7, 11) is 0. The molecule has 3 nitrogen and oxygen atoms in total. The standard InChI is InChI=1S/C10H16N2O/c1-2-7-12-10(13)8-3-5-9(11)6-4-8/h1,8-9H,3-7,11H2,(H,12,13). The van der Waals surface area contributed by atoms with Crippen LogP contribution in [0, 0.1) is 18.3 Å². The second kappa shape index (κ2) is 4.88. The summed E-state index contributed by atoms with van der Waals surface area (Å²) in [4.78, 5) is 11.4. The lowest BCUT2D eigenvalue weighted by molar-refractivity contribution is -0.125. The van der Waals surface area contributed by atoms with Crippen molar-refractivity contribution in [1.82, 2.24) is 5.32 Å². The van der Waals surface area contributed by atoms with Crippen LogP contribution in [-0.4, -0.2) is 18.5 Å². The fourth-order valence-corrected chi connectivity index (χ4v) is 1.66. The van der Waals surface area contributed by atoms with E-state index >= 15 is 0 Å². The third-order valence-corrected chi connectivity index (χ3v) is 2.51. The van der Waals surface area contributed by atoms with E-state index in [9.17, 15) is 4.79 Å². The summed E-state index contributed by atoms with van der Waals surface area (Å²) in [5, 5.41) is 2.70. The minimum atomic E-state index is 0.0878. The van der Waals surface area contributed by atoms with E-state index in [1.807, 2.05) is 0 Å². The molecule has 3 N–H and O–H groups in total. The maximum absolute atomic E-state index is 11.4. The highest BCUT2D eigenvalue weighted by Crippen LogP contribution is 2.22. The van der Waals surface area contributed by atoms with E-state index in [4.69, 9.17) is 12.2 Å². The van der Waals surface area contributed by atoms with Gasteiger partial charge in [-0.2, -0.15) is 0 Å². The van der Waals surface area contributed by atoms with Gasteiger partial charge >= 0.3 is 0 Å². The highest BCUT2D eigenvalue weighted by atomic mass is 16.1. The fraction of sp³-hybridized carbons (Fsp3) is 0.700. The molecule has 1 aliphatic rings. The Bertz CT molecular complexity index is 211. The van der Waals surface area contributed by atoms with E-state index in [1.54, 1.807) is 0 Å². The normalized spacial score (nSPS) is 27.7. The summed E-state index contributed by atoms with van der Waals surface area (Å²) in [6.07, 6.45) is 8.75. The molecule has 0 saturated heterocycles. The molecule has 0 aromatic rings. The van der Waals surface area contributed by atoms with Crippen LogP contribution in [0.5, 0.6) is 0 Å². The van der Waals surface area contributed by atoms with Gasteiger partial charge in [0.15, 0.2) is 0 Å². The Hall–Kier alpha value is -1.01. The minimum absolute atomic E-state index is 0.0878. The summed E-state index contributed by atoms with van der Waals surface area (Å²) >= 11 is 0. The molecule has 3 heteroatoms. The molecule has 0 aliphatic heterocycles. The van der Waals surface area contributed by atoms with Gasteiger partial charge in [0, 0.05) is 12.0 Å². The molecule has 0 aromatic heterocycles. The van der Waals surface area contributed by atoms with Gasteiger partial charge in [-0.3, -0.25) is 4.79 Å². The highest BCUT2D eigenvalue weighted by Gasteiger charge is 2.23. The fourth-order valence-electron chi connectivity index (χ4n) is 1.66. The minimum Gasteiger partial charge on any atom is -0.345 e. The van der Waals surface area contributed by atoms with Gasteiger partial charge in [0.25, 0.3) is 0 Å². The molecule has 1 rings (SSSR count). The summed E-state index contributed by atoms with van der Waals surface area (Å²) < 4.78 is 0. The Morgan fingerprint density at radius 3 is 2.62 bits per heavy atom. The molecule has 0 atom stereocenters. The molecule has 1 fully saturated rings. The second-order valence-electron chi connectivity index (χ2n) is 3.53. The van der Waals surface area contributed by atoms with Crippen molar-refractivity contribution in [2.45, 2.75) is 31.7 Å². The van der Waals surface area contributed by atoms with Crippen molar-refractivity contribution >= 4 is 5.91 Å². The first-order chi connectivity index (χ1) is 6.24. The number of carbonyl (C=O) groups is 1. The predicted molar refractivity (Wildman–Crippen MR) is 51.8 cm³/mol. The number of nitrogens with one attached hydrogen (secondary N) is 1. The zero-order chi connectivity index (χ0) is 9.68. The van der Waals surface area contributed by atoms with Gasteiger partial charge < -0.3 is 11.1 Å². The molecule has 0 radical (unpaired) electrons. The largest absolute Gasteiger partial charge is 0.345 e. The van der Waals surface area contributed by atoms with Gasteiger partial charge in [0.1, 0.15) is 0 Å². The van der Waals surface area contributed by atoms with Gasteiger partial charge in [-0.1, -0.05) is 5.92 Å². The van der Waals surface area contributed by atoms with Crippen molar-refractivity contribution in [2.24, 2.45) is 11.7 Å². The van der Waals surface area contributed by atoms with Gasteiger partial charge in [-0.25, -0.2) is 0 Å².